The quantitative estimate of drug-likeness (QED) is 0.292. The van der Waals surface area contributed by atoms with Crippen LogP contribution in [0.4, 0.5) is 5.82 Å². The van der Waals surface area contributed by atoms with Gasteiger partial charge in [-0.15, -0.1) is 0 Å². The number of hydrogen-bond acceptors (Lipinski definition) is 9. The number of aliphatic hydroxyl groups excluding tert-OH is 1. The molecular formula is C26H20ClN5O3S. The van der Waals surface area contributed by atoms with Crippen molar-refractivity contribution in [3.05, 3.63) is 76.6 Å². The van der Waals surface area contributed by atoms with Crippen LogP contribution < -0.4 is 10.5 Å². The van der Waals surface area contributed by atoms with Crippen molar-refractivity contribution in [2.75, 3.05) is 12.3 Å². The molecule has 10 heteroatoms. The lowest BCUT2D eigenvalue weighted by Crippen LogP contribution is -2.12. The van der Waals surface area contributed by atoms with Crippen LogP contribution in [-0.4, -0.2) is 27.8 Å². The largest absolute Gasteiger partial charge is 0.491 e. The lowest BCUT2D eigenvalue weighted by Gasteiger charge is -2.13. The van der Waals surface area contributed by atoms with Crippen LogP contribution in [0.1, 0.15) is 23.7 Å². The van der Waals surface area contributed by atoms with Gasteiger partial charge in [-0.05, 0) is 48.9 Å². The zero-order valence-corrected chi connectivity index (χ0v) is 20.7. The maximum atomic E-state index is 9.99. The molecule has 0 bridgehead atoms. The zero-order valence-electron chi connectivity index (χ0n) is 19.1. The Morgan fingerprint density at radius 3 is 2.36 bits per heavy atom. The average molecular weight is 518 g/mol. The van der Waals surface area contributed by atoms with E-state index in [1.807, 2.05) is 12.1 Å². The highest BCUT2D eigenvalue weighted by Crippen LogP contribution is 2.37. The van der Waals surface area contributed by atoms with E-state index in [2.05, 4.69) is 22.1 Å². The molecule has 2 aromatic carbocycles. The van der Waals surface area contributed by atoms with Crippen LogP contribution in [0.5, 0.6) is 5.75 Å². The molecule has 0 fully saturated rings. The first-order valence-corrected chi connectivity index (χ1v) is 12.1. The van der Waals surface area contributed by atoms with Crippen molar-refractivity contribution in [3.8, 4) is 40.5 Å². The van der Waals surface area contributed by atoms with Gasteiger partial charge in [0.15, 0.2) is 0 Å². The molecule has 0 amide bonds. The summed E-state index contributed by atoms with van der Waals surface area (Å²) in [5.41, 5.74) is 8.94. The number of halogens is 1. The number of hydrogen-bond donors (Lipinski definition) is 2. The Kier molecular flexibility index (Phi) is 7.77. The van der Waals surface area contributed by atoms with E-state index < -0.39 is 6.10 Å². The number of nitrogen functional groups attached to an aromatic ring is 1. The number of aliphatic hydroxyl groups is 1. The van der Waals surface area contributed by atoms with Crippen molar-refractivity contribution < 1.29 is 14.3 Å². The van der Waals surface area contributed by atoms with Gasteiger partial charge in [0.25, 0.3) is 0 Å². The van der Waals surface area contributed by atoms with E-state index in [1.54, 1.807) is 49.6 Å². The first-order chi connectivity index (χ1) is 17.4. The maximum absolute atomic E-state index is 9.99. The molecule has 36 heavy (non-hydrogen) atoms. The summed E-state index contributed by atoms with van der Waals surface area (Å²) in [4.78, 5) is 8.83. The van der Waals surface area contributed by atoms with E-state index in [0.29, 0.717) is 44.3 Å². The number of oxazole rings is 1. The number of nitrogens with two attached hydrogens (primary N) is 1. The number of pyridine rings is 1. The summed E-state index contributed by atoms with van der Waals surface area (Å²) in [6.07, 6.45) is 0.940. The van der Waals surface area contributed by atoms with Gasteiger partial charge in [0.2, 0.25) is 5.89 Å². The zero-order chi connectivity index (χ0) is 25.7. The first kappa shape index (κ1) is 25.1. The van der Waals surface area contributed by atoms with Crippen LogP contribution in [0.25, 0.3) is 22.6 Å². The standard InChI is InChI=1S/C26H20ClN5O3S/c1-15(33)12-34-20-8-4-16(5-9-20)23-21(10-28)24(30)32-26(22(23)11-29)36-14-19-13-35-25(31-19)17-2-6-18(27)7-3-17/h2-9,13,15,33H,12,14H2,1H3,(H2,30,32)/t15-/m0/s1. The summed E-state index contributed by atoms with van der Waals surface area (Å²) in [7, 11) is 0. The van der Waals surface area contributed by atoms with Crippen LogP contribution in [0.3, 0.4) is 0 Å². The highest BCUT2D eigenvalue weighted by atomic mass is 35.5. The van der Waals surface area contributed by atoms with E-state index in [1.165, 1.54) is 11.8 Å². The summed E-state index contributed by atoms with van der Waals surface area (Å²) < 4.78 is 11.1. The minimum atomic E-state index is -0.605. The molecular weight excluding hydrogens is 498 g/mol. The predicted octanol–water partition coefficient (Wildman–Crippen LogP) is 5.43. The molecule has 0 spiro atoms. The van der Waals surface area contributed by atoms with Crippen molar-refractivity contribution >= 4 is 29.2 Å². The molecule has 0 saturated heterocycles. The molecule has 0 aliphatic rings. The van der Waals surface area contributed by atoms with Crippen molar-refractivity contribution in [1.29, 1.82) is 10.5 Å². The molecule has 0 aliphatic heterocycles. The highest BCUT2D eigenvalue weighted by Gasteiger charge is 2.21. The van der Waals surface area contributed by atoms with E-state index in [0.717, 1.165) is 5.56 Å². The first-order valence-electron chi connectivity index (χ1n) is 10.8. The Balaban J connectivity index is 1.62. The molecule has 0 saturated carbocycles. The van der Waals surface area contributed by atoms with E-state index >= 15 is 0 Å². The Hall–Kier alpha value is -4.02. The number of nitrogens with zero attached hydrogens (tertiary/aromatic N) is 4. The molecule has 2 heterocycles. The van der Waals surface area contributed by atoms with Gasteiger partial charge in [0.1, 0.15) is 47.2 Å². The normalized spacial score (nSPS) is 11.5. The molecule has 1 atom stereocenters. The fourth-order valence-corrected chi connectivity index (χ4v) is 4.36. The van der Waals surface area contributed by atoms with Crippen molar-refractivity contribution in [1.82, 2.24) is 9.97 Å². The fraction of sp³-hybridized carbons (Fsp3) is 0.154. The highest BCUT2D eigenvalue weighted by molar-refractivity contribution is 7.98. The molecule has 2 aromatic heterocycles. The Bertz CT molecular complexity index is 1460. The molecule has 8 nitrogen and oxygen atoms in total. The van der Waals surface area contributed by atoms with Gasteiger partial charge in [-0.2, -0.15) is 10.5 Å². The molecule has 0 unspecified atom stereocenters. The number of rotatable bonds is 8. The minimum absolute atomic E-state index is 0.0328. The van der Waals surface area contributed by atoms with Gasteiger partial charge in [-0.1, -0.05) is 35.5 Å². The van der Waals surface area contributed by atoms with E-state index in [4.69, 9.17) is 26.5 Å². The molecule has 3 N–H and O–H groups in total. The lowest BCUT2D eigenvalue weighted by atomic mass is 9.97. The molecule has 0 radical (unpaired) electrons. The Morgan fingerprint density at radius 2 is 1.72 bits per heavy atom. The van der Waals surface area contributed by atoms with Gasteiger partial charge in [0.05, 0.1) is 17.4 Å². The van der Waals surface area contributed by atoms with Crippen LogP contribution in [0.15, 0.2) is 64.2 Å². The summed E-state index contributed by atoms with van der Waals surface area (Å²) in [6.45, 7) is 1.78. The fourth-order valence-electron chi connectivity index (χ4n) is 3.37. The summed E-state index contributed by atoms with van der Waals surface area (Å²) in [5, 5.41) is 30.1. The Labute approximate surface area is 216 Å². The number of benzene rings is 2. The smallest absolute Gasteiger partial charge is 0.226 e. The van der Waals surface area contributed by atoms with Gasteiger partial charge < -0.3 is 20.0 Å². The van der Waals surface area contributed by atoms with Gasteiger partial charge in [-0.25, -0.2) is 9.97 Å². The average Bonchev–Trinajstić information content (AvgIpc) is 3.35. The number of anilines is 1. The molecule has 4 rings (SSSR count). The summed E-state index contributed by atoms with van der Waals surface area (Å²) in [5.74, 6) is 1.41. The molecule has 0 aliphatic carbocycles. The van der Waals surface area contributed by atoms with Crippen LogP contribution in [-0.2, 0) is 5.75 Å². The van der Waals surface area contributed by atoms with Gasteiger partial charge >= 0.3 is 0 Å². The Morgan fingerprint density at radius 1 is 1.06 bits per heavy atom. The van der Waals surface area contributed by atoms with E-state index in [-0.39, 0.29) is 23.6 Å². The number of aromatic nitrogens is 2. The SMILES string of the molecule is C[C@H](O)COc1ccc(-c2c(C#N)c(N)nc(SCc3coc(-c4ccc(Cl)cc4)n3)c2C#N)cc1. The van der Waals surface area contributed by atoms with Crippen LogP contribution in [0.2, 0.25) is 5.02 Å². The maximum Gasteiger partial charge on any atom is 0.226 e. The summed E-state index contributed by atoms with van der Waals surface area (Å²) in [6, 6.07) is 18.3. The van der Waals surface area contributed by atoms with Crippen molar-refractivity contribution in [3.63, 3.8) is 0 Å². The number of nitriles is 2. The number of thioether (sulfide) groups is 1. The lowest BCUT2D eigenvalue weighted by molar-refractivity contribution is 0.123. The topological polar surface area (TPSA) is 142 Å². The number of ether oxygens (including phenoxy) is 1. The second-order valence-electron chi connectivity index (χ2n) is 7.77. The second-order valence-corrected chi connectivity index (χ2v) is 9.18. The van der Waals surface area contributed by atoms with Crippen LogP contribution in [0, 0.1) is 22.7 Å². The van der Waals surface area contributed by atoms with E-state index in [9.17, 15) is 15.6 Å². The third-order valence-electron chi connectivity index (χ3n) is 5.05. The van der Waals surface area contributed by atoms with Gasteiger partial charge in [0, 0.05) is 21.9 Å². The third kappa shape index (κ3) is 5.61. The molecule has 4 aromatic rings. The monoisotopic (exact) mass is 517 g/mol. The second kappa shape index (κ2) is 11.1. The molecule has 180 valence electrons. The van der Waals surface area contributed by atoms with Crippen molar-refractivity contribution in [2.45, 2.75) is 23.8 Å². The summed E-state index contributed by atoms with van der Waals surface area (Å²) >= 11 is 7.21. The third-order valence-corrected chi connectivity index (χ3v) is 6.31. The minimum Gasteiger partial charge on any atom is -0.491 e. The van der Waals surface area contributed by atoms with Crippen molar-refractivity contribution in [2.24, 2.45) is 0 Å². The van der Waals surface area contributed by atoms with Gasteiger partial charge in [-0.3, -0.25) is 0 Å². The van der Waals surface area contributed by atoms with Crippen LogP contribution >= 0.6 is 23.4 Å². The predicted molar refractivity (Wildman–Crippen MR) is 137 cm³/mol.